The molecule has 0 aliphatic carbocycles. The highest BCUT2D eigenvalue weighted by Gasteiger charge is 2.17. The Hall–Kier alpha value is -0.440. The first-order valence-corrected chi connectivity index (χ1v) is 6.51. The molecule has 3 heteroatoms. The van der Waals surface area contributed by atoms with Crippen LogP contribution in [0.2, 0.25) is 0 Å². The van der Waals surface area contributed by atoms with Gasteiger partial charge >= 0.3 is 0 Å². The monoisotopic (exact) mass is 255 g/mol. The summed E-state index contributed by atoms with van der Waals surface area (Å²) in [5.74, 6) is 0. The topological polar surface area (TPSA) is 12.0 Å². The van der Waals surface area contributed by atoms with Crippen LogP contribution in [0.25, 0.3) is 0 Å². The van der Waals surface area contributed by atoms with Gasteiger partial charge in [-0.3, -0.25) is 4.72 Å². The van der Waals surface area contributed by atoms with Gasteiger partial charge in [-0.25, -0.2) is 0 Å². The van der Waals surface area contributed by atoms with E-state index in [1.807, 2.05) is 18.2 Å². The smallest absolute Gasteiger partial charge is 0.0233 e. The molecule has 0 aromatic heterocycles. The van der Waals surface area contributed by atoms with Crippen LogP contribution in [0.15, 0.2) is 46.8 Å². The zero-order valence-electron chi connectivity index (χ0n) is 9.79. The van der Waals surface area contributed by atoms with Gasteiger partial charge in [-0.15, -0.1) is 0 Å². The number of nitrogens with one attached hydrogen (secondary N) is 1. The first-order chi connectivity index (χ1) is 7.49. The second-order valence-electron chi connectivity index (χ2n) is 4.42. The molecular weight excluding hydrogens is 238 g/mol. The Morgan fingerprint density at radius 1 is 1.38 bits per heavy atom. The Bertz CT molecular complexity index is 335. The minimum Gasteiger partial charge on any atom is -0.254 e. The molecule has 0 unspecified atom stereocenters. The zero-order valence-corrected chi connectivity index (χ0v) is 11.4. The molecule has 0 aliphatic rings. The summed E-state index contributed by atoms with van der Waals surface area (Å²) >= 11 is 7.43. The highest BCUT2D eigenvalue weighted by atomic mass is 35.5. The molecule has 0 atom stereocenters. The molecule has 0 fully saturated rings. The highest BCUT2D eigenvalue weighted by molar-refractivity contribution is 7.97. The van der Waals surface area contributed by atoms with Crippen LogP contribution in [-0.4, -0.2) is 5.54 Å². The molecule has 1 aromatic carbocycles. The maximum absolute atomic E-state index is 5.77. The summed E-state index contributed by atoms with van der Waals surface area (Å²) in [6.07, 6.45) is 1.83. The van der Waals surface area contributed by atoms with Crippen LogP contribution in [-0.2, 0) is 0 Å². The van der Waals surface area contributed by atoms with E-state index >= 15 is 0 Å². The van der Waals surface area contributed by atoms with E-state index in [-0.39, 0.29) is 5.54 Å². The van der Waals surface area contributed by atoms with Crippen LogP contribution < -0.4 is 4.72 Å². The second kappa shape index (κ2) is 6.33. The van der Waals surface area contributed by atoms with E-state index < -0.39 is 0 Å². The first kappa shape index (κ1) is 13.6. The molecule has 0 heterocycles. The third-order valence-electron chi connectivity index (χ3n) is 2.21. The van der Waals surface area contributed by atoms with Crippen molar-refractivity contribution >= 4 is 23.5 Å². The Labute approximate surface area is 107 Å². The number of hydrogen-bond acceptors (Lipinski definition) is 2. The van der Waals surface area contributed by atoms with E-state index in [0.717, 1.165) is 17.9 Å². The van der Waals surface area contributed by atoms with E-state index in [1.165, 1.54) is 4.90 Å². The zero-order chi connectivity index (χ0) is 12.0. The Morgan fingerprint density at radius 2 is 2.00 bits per heavy atom. The Balaban J connectivity index is 2.38. The van der Waals surface area contributed by atoms with E-state index in [1.54, 1.807) is 11.9 Å². The summed E-state index contributed by atoms with van der Waals surface area (Å²) in [4.78, 5) is 1.22. The molecule has 0 saturated heterocycles. The molecule has 1 aromatic rings. The van der Waals surface area contributed by atoms with Crippen molar-refractivity contribution in [3.8, 4) is 0 Å². The summed E-state index contributed by atoms with van der Waals surface area (Å²) < 4.78 is 3.45. The van der Waals surface area contributed by atoms with Crippen molar-refractivity contribution < 1.29 is 0 Å². The third-order valence-corrected chi connectivity index (χ3v) is 3.56. The quantitative estimate of drug-likeness (QED) is 0.746. The fourth-order valence-corrected chi connectivity index (χ4v) is 2.07. The van der Waals surface area contributed by atoms with E-state index in [4.69, 9.17) is 11.6 Å². The molecule has 0 radical (unpaired) electrons. The summed E-state index contributed by atoms with van der Waals surface area (Å²) in [5.41, 5.74) is 0.0539. The van der Waals surface area contributed by atoms with E-state index in [2.05, 4.69) is 37.3 Å². The maximum Gasteiger partial charge on any atom is 0.0233 e. The van der Waals surface area contributed by atoms with Crippen LogP contribution in [0.3, 0.4) is 0 Å². The van der Waals surface area contributed by atoms with Crippen molar-refractivity contribution in [1.82, 2.24) is 4.72 Å². The summed E-state index contributed by atoms with van der Waals surface area (Å²) in [5, 5.41) is 0.722. The van der Waals surface area contributed by atoms with Crippen molar-refractivity contribution in [1.29, 1.82) is 0 Å². The van der Waals surface area contributed by atoms with Gasteiger partial charge in [-0.2, -0.15) is 0 Å². The first-order valence-electron chi connectivity index (χ1n) is 5.32. The normalized spacial score (nSPS) is 11.4. The fourth-order valence-electron chi connectivity index (χ4n) is 1.18. The number of rotatable bonds is 6. The SMILES string of the molecule is C=C(Cl)CCC(C)(C)NSc1ccccc1. The Kier molecular flexibility index (Phi) is 5.39. The molecule has 0 aliphatic heterocycles. The molecule has 0 saturated carbocycles. The minimum absolute atomic E-state index is 0.0539. The van der Waals surface area contributed by atoms with Gasteiger partial charge in [0.2, 0.25) is 0 Å². The average Bonchev–Trinajstić information content (AvgIpc) is 2.26. The number of halogens is 1. The molecule has 16 heavy (non-hydrogen) atoms. The van der Waals surface area contributed by atoms with Crippen molar-refractivity contribution in [3.63, 3.8) is 0 Å². The number of benzene rings is 1. The van der Waals surface area contributed by atoms with Gasteiger partial charge in [0.1, 0.15) is 0 Å². The fraction of sp³-hybridized carbons (Fsp3) is 0.385. The van der Waals surface area contributed by atoms with Crippen LogP contribution >= 0.6 is 23.5 Å². The van der Waals surface area contributed by atoms with Gasteiger partial charge < -0.3 is 0 Å². The van der Waals surface area contributed by atoms with Crippen LogP contribution in [0.1, 0.15) is 26.7 Å². The third kappa shape index (κ3) is 5.59. The van der Waals surface area contributed by atoms with Gasteiger partial charge in [0.25, 0.3) is 0 Å². The van der Waals surface area contributed by atoms with Crippen molar-refractivity contribution in [3.05, 3.63) is 41.9 Å². The maximum atomic E-state index is 5.77. The van der Waals surface area contributed by atoms with Crippen molar-refractivity contribution in [2.45, 2.75) is 37.1 Å². The lowest BCUT2D eigenvalue weighted by atomic mass is 10.0. The molecule has 0 amide bonds. The molecule has 1 rings (SSSR count). The molecule has 1 N–H and O–H groups in total. The lowest BCUT2D eigenvalue weighted by Crippen LogP contribution is -2.34. The van der Waals surface area contributed by atoms with Crippen LogP contribution in [0.4, 0.5) is 0 Å². The molecular formula is C13H18ClNS. The highest BCUT2D eigenvalue weighted by Crippen LogP contribution is 2.22. The van der Waals surface area contributed by atoms with Gasteiger partial charge in [0.15, 0.2) is 0 Å². The molecule has 0 bridgehead atoms. The minimum atomic E-state index is 0.0539. The lowest BCUT2D eigenvalue weighted by Gasteiger charge is -2.25. The van der Waals surface area contributed by atoms with Gasteiger partial charge in [-0.1, -0.05) is 36.4 Å². The van der Waals surface area contributed by atoms with Gasteiger partial charge in [0, 0.05) is 15.5 Å². The van der Waals surface area contributed by atoms with Crippen molar-refractivity contribution in [2.75, 3.05) is 0 Å². The van der Waals surface area contributed by atoms with Crippen LogP contribution in [0.5, 0.6) is 0 Å². The van der Waals surface area contributed by atoms with Gasteiger partial charge in [0.05, 0.1) is 0 Å². The van der Waals surface area contributed by atoms with E-state index in [9.17, 15) is 0 Å². The van der Waals surface area contributed by atoms with E-state index in [0.29, 0.717) is 0 Å². The Morgan fingerprint density at radius 3 is 2.56 bits per heavy atom. The summed E-state index contributed by atoms with van der Waals surface area (Å²) in [6.45, 7) is 8.05. The predicted molar refractivity (Wildman–Crippen MR) is 73.7 cm³/mol. The lowest BCUT2D eigenvalue weighted by molar-refractivity contribution is 0.446. The molecule has 0 spiro atoms. The molecule has 88 valence electrons. The molecule has 1 nitrogen and oxygen atoms in total. The second-order valence-corrected chi connectivity index (χ2v) is 5.83. The summed E-state index contributed by atoms with van der Waals surface area (Å²) in [7, 11) is 0. The largest absolute Gasteiger partial charge is 0.254 e. The number of allylic oxidation sites excluding steroid dienone is 1. The predicted octanol–water partition coefficient (Wildman–Crippen LogP) is 4.59. The summed E-state index contributed by atoms with van der Waals surface area (Å²) in [6, 6.07) is 10.3. The van der Waals surface area contributed by atoms with Crippen LogP contribution in [0, 0.1) is 0 Å². The van der Waals surface area contributed by atoms with Crippen molar-refractivity contribution in [2.24, 2.45) is 0 Å². The van der Waals surface area contributed by atoms with Gasteiger partial charge in [-0.05, 0) is 50.8 Å². The average molecular weight is 256 g/mol. The standard InChI is InChI=1S/C13H18ClNS/c1-11(14)9-10-13(2,3)15-16-12-7-5-4-6-8-12/h4-8,15H,1,9-10H2,2-3H3. The number of hydrogen-bond donors (Lipinski definition) is 1.